The zero-order chi connectivity index (χ0) is 15.6. The largest absolute Gasteiger partial charge is 0.313 e. The summed E-state index contributed by atoms with van der Waals surface area (Å²) < 4.78 is 41.5. The summed E-state index contributed by atoms with van der Waals surface area (Å²) in [4.78, 5) is 0. The van der Waals surface area contributed by atoms with Gasteiger partial charge in [0.25, 0.3) is 0 Å². The van der Waals surface area contributed by atoms with Crippen molar-refractivity contribution in [2.24, 2.45) is 0 Å². The van der Waals surface area contributed by atoms with Gasteiger partial charge in [-0.3, -0.25) is 0 Å². The summed E-state index contributed by atoms with van der Waals surface area (Å²) in [6, 6.07) is 6.86. The summed E-state index contributed by atoms with van der Waals surface area (Å²) in [5.41, 5.74) is 1.02. The van der Waals surface area contributed by atoms with E-state index in [0.717, 1.165) is 10.5 Å². The lowest BCUT2D eigenvalue weighted by molar-refractivity contribution is 0.493. The SMILES string of the molecule is CNC(Cc1cc(Br)ccc1F)c1ccc(F)c(F)c1Br. The summed E-state index contributed by atoms with van der Waals surface area (Å²) in [6.07, 6.45) is 0.311. The van der Waals surface area contributed by atoms with Gasteiger partial charge in [-0.15, -0.1) is 0 Å². The lowest BCUT2D eigenvalue weighted by atomic mass is 9.98. The van der Waals surface area contributed by atoms with Gasteiger partial charge in [0.05, 0.1) is 4.47 Å². The Balaban J connectivity index is 2.37. The molecule has 0 amide bonds. The smallest absolute Gasteiger partial charge is 0.173 e. The predicted octanol–water partition coefficient (Wildman–Crippen LogP) is 5.13. The van der Waals surface area contributed by atoms with E-state index in [1.807, 2.05) is 0 Å². The van der Waals surface area contributed by atoms with Crippen molar-refractivity contribution in [2.75, 3.05) is 7.05 Å². The lowest BCUT2D eigenvalue weighted by Crippen LogP contribution is -2.20. The van der Waals surface area contributed by atoms with Gasteiger partial charge in [0.2, 0.25) is 0 Å². The topological polar surface area (TPSA) is 12.0 Å². The van der Waals surface area contributed by atoms with Crippen molar-refractivity contribution in [1.29, 1.82) is 0 Å². The average Bonchev–Trinajstić information content (AvgIpc) is 2.46. The molecule has 0 fully saturated rings. The molecule has 0 aliphatic carbocycles. The number of rotatable bonds is 4. The van der Waals surface area contributed by atoms with E-state index in [9.17, 15) is 13.2 Å². The maximum absolute atomic E-state index is 13.8. The summed E-state index contributed by atoms with van der Waals surface area (Å²) >= 11 is 6.35. The van der Waals surface area contributed by atoms with Crippen LogP contribution < -0.4 is 5.32 Å². The second kappa shape index (κ2) is 6.94. The molecule has 0 bridgehead atoms. The number of likely N-dealkylation sites (N-methyl/N-ethyl adjacent to an activating group) is 1. The predicted molar refractivity (Wildman–Crippen MR) is 83.7 cm³/mol. The minimum atomic E-state index is -0.942. The van der Waals surface area contributed by atoms with E-state index in [4.69, 9.17) is 0 Å². The Morgan fingerprint density at radius 2 is 1.71 bits per heavy atom. The Hall–Kier alpha value is -0.850. The molecule has 1 atom stereocenters. The third-order valence-electron chi connectivity index (χ3n) is 3.22. The first-order chi connectivity index (χ1) is 9.93. The van der Waals surface area contributed by atoms with Crippen LogP contribution in [0.5, 0.6) is 0 Å². The van der Waals surface area contributed by atoms with E-state index in [-0.39, 0.29) is 16.3 Å². The first kappa shape index (κ1) is 16.5. The monoisotopic (exact) mass is 421 g/mol. The zero-order valence-corrected chi connectivity index (χ0v) is 14.2. The Morgan fingerprint density at radius 3 is 2.38 bits per heavy atom. The van der Waals surface area contributed by atoms with Crippen LogP contribution >= 0.6 is 31.9 Å². The highest BCUT2D eigenvalue weighted by molar-refractivity contribution is 9.10. The summed E-state index contributed by atoms with van der Waals surface area (Å²) in [5.74, 6) is -2.20. The molecule has 0 heterocycles. The molecule has 0 aliphatic rings. The van der Waals surface area contributed by atoms with Gasteiger partial charge in [-0.25, -0.2) is 13.2 Å². The molecule has 0 saturated carbocycles. The normalized spacial score (nSPS) is 12.5. The molecule has 0 aromatic heterocycles. The van der Waals surface area contributed by atoms with Crippen molar-refractivity contribution in [3.05, 3.63) is 67.9 Å². The molecule has 21 heavy (non-hydrogen) atoms. The van der Waals surface area contributed by atoms with E-state index in [0.29, 0.717) is 17.5 Å². The second-order valence-electron chi connectivity index (χ2n) is 4.55. The third kappa shape index (κ3) is 3.67. The van der Waals surface area contributed by atoms with Crippen LogP contribution in [0.1, 0.15) is 17.2 Å². The van der Waals surface area contributed by atoms with Gasteiger partial charge in [-0.2, -0.15) is 0 Å². The van der Waals surface area contributed by atoms with E-state index < -0.39 is 11.6 Å². The fourth-order valence-electron chi connectivity index (χ4n) is 2.10. The molecule has 2 aromatic rings. The van der Waals surface area contributed by atoms with Crippen LogP contribution in [-0.2, 0) is 6.42 Å². The van der Waals surface area contributed by atoms with E-state index in [2.05, 4.69) is 37.2 Å². The molecule has 0 radical (unpaired) electrons. The van der Waals surface area contributed by atoms with E-state index in [1.165, 1.54) is 12.1 Å². The maximum Gasteiger partial charge on any atom is 0.173 e. The van der Waals surface area contributed by atoms with Crippen molar-refractivity contribution in [1.82, 2.24) is 5.32 Å². The molecule has 1 nitrogen and oxygen atoms in total. The van der Waals surface area contributed by atoms with E-state index >= 15 is 0 Å². The molecular formula is C15H12Br2F3N. The highest BCUT2D eigenvalue weighted by Gasteiger charge is 2.19. The van der Waals surface area contributed by atoms with Gasteiger partial charge >= 0.3 is 0 Å². The van der Waals surface area contributed by atoms with Gasteiger partial charge in [0.15, 0.2) is 11.6 Å². The number of benzene rings is 2. The van der Waals surface area contributed by atoms with Crippen LogP contribution in [0.4, 0.5) is 13.2 Å². The van der Waals surface area contributed by atoms with Crippen molar-refractivity contribution in [3.63, 3.8) is 0 Å². The average molecular weight is 423 g/mol. The molecule has 1 N–H and O–H groups in total. The van der Waals surface area contributed by atoms with Gasteiger partial charge < -0.3 is 5.32 Å². The van der Waals surface area contributed by atoms with E-state index in [1.54, 1.807) is 19.2 Å². The molecule has 0 spiro atoms. The van der Waals surface area contributed by atoms with Crippen LogP contribution in [0.25, 0.3) is 0 Å². The third-order valence-corrected chi connectivity index (χ3v) is 4.52. The Morgan fingerprint density at radius 1 is 1.05 bits per heavy atom. The van der Waals surface area contributed by atoms with Crippen LogP contribution in [0.15, 0.2) is 39.3 Å². The summed E-state index contributed by atoms with van der Waals surface area (Å²) in [5, 5.41) is 3.00. The quantitative estimate of drug-likeness (QED) is 0.673. The highest BCUT2D eigenvalue weighted by Crippen LogP contribution is 2.30. The zero-order valence-electron chi connectivity index (χ0n) is 11.1. The highest BCUT2D eigenvalue weighted by atomic mass is 79.9. The maximum atomic E-state index is 13.8. The van der Waals surface area contributed by atoms with Crippen molar-refractivity contribution in [2.45, 2.75) is 12.5 Å². The second-order valence-corrected chi connectivity index (χ2v) is 6.25. The number of hydrogen-bond donors (Lipinski definition) is 1. The molecule has 2 aromatic carbocycles. The summed E-state index contributed by atoms with van der Waals surface area (Å²) in [6.45, 7) is 0. The van der Waals surface area contributed by atoms with Gasteiger partial charge in [-0.1, -0.05) is 22.0 Å². The van der Waals surface area contributed by atoms with Gasteiger partial charge in [0.1, 0.15) is 5.82 Å². The minimum absolute atomic E-state index is 0.0530. The minimum Gasteiger partial charge on any atom is -0.313 e. The van der Waals surface area contributed by atoms with Crippen LogP contribution in [-0.4, -0.2) is 7.05 Å². The number of hydrogen-bond acceptors (Lipinski definition) is 1. The molecule has 1 unspecified atom stereocenters. The summed E-state index contributed by atoms with van der Waals surface area (Å²) in [7, 11) is 1.69. The molecule has 6 heteroatoms. The first-order valence-corrected chi connectivity index (χ1v) is 7.77. The number of nitrogens with one attached hydrogen (secondary N) is 1. The Bertz CT molecular complexity index is 662. The van der Waals surface area contributed by atoms with Gasteiger partial charge in [-0.05, 0) is 64.8 Å². The molecule has 2 rings (SSSR count). The fraction of sp³-hybridized carbons (Fsp3) is 0.200. The molecule has 112 valence electrons. The van der Waals surface area contributed by atoms with Gasteiger partial charge in [0, 0.05) is 10.5 Å². The van der Waals surface area contributed by atoms with Crippen LogP contribution in [0.3, 0.4) is 0 Å². The Labute approximate surface area is 137 Å². The van der Waals surface area contributed by atoms with Crippen molar-refractivity contribution < 1.29 is 13.2 Å². The first-order valence-electron chi connectivity index (χ1n) is 6.18. The standard InChI is InChI=1S/C15H12Br2F3N/c1-21-13(7-8-6-9(16)2-4-11(8)18)10-3-5-12(19)15(20)14(10)17/h2-6,13,21H,7H2,1H3. The van der Waals surface area contributed by atoms with Crippen molar-refractivity contribution >= 4 is 31.9 Å². The number of halogens is 5. The molecule has 0 aliphatic heterocycles. The van der Waals surface area contributed by atoms with Crippen LogP contribution in [0.2, 0.25) is 0 Å². The fourth-order valence-corrected chi connectivity index (χ4v) is 3.10. The molecule has 0 saturated heterocycles. The molecular weight excluding hydrogens is 411 g/mol. The lowest BCUT2D eigenvalue weighted by Gasteiger charge is -2.19. The van der Waals surface area contributed by atoms with Crippen molar-refractivity contribution in [3.8, 4) is 0 Å². The Kier molecular flexibility index (Phi) is 5.46. The van der Waals surface area contributed by atoms with Crippen LogP contribution in [0, 0.1) is 17.5 Å².